The normalized spacial score (nSPS) is 9.53. The largest absolute Gasteiger partial charge is 0.464 e. The van der Waals surface area contributed by atoms with Gasteiger partial charge in [0, 0.05) is 18.1 Å². The van der Waals surface area contributed by atoms with Gasteiger partial charge >= 0.3 is 0 Å². The van der Waals surface area contributed by atoms with E-state index >= 15 is 0 Å². The maximum atomic E-state index is 13.1. The first-order valence-electron chi connectivity index (χ1n) is 3.85. The summed E-state index contributed by atoms with van der Waals surface area (Å²) in [6.07, 6.45) is 0. The first-order chi connectivity index (χ1) is 7.19. The van der Waals surface area contributed by atoms with Crippen LogP contribution < -0.4 is 4.74 Å². The molecule has 0 fully saturated rings. The molecule has 0 bridgehead atoms. The maximum Gasteiger partial charge on any atom is 0.188 e. The highest BCUT2D eigenvalue weighted by Gasteiger charge is 2.09. The third-order valence-electron chi connectivity index (χ3n) is 1.49. The fraction of sp³-hybridized carbons (Fsp3) is 0.250. The Bertz CT molecular complexity index is 405. The number of rotatable bonds is 4. The van der Waals surface area contributed by atoms with E-state index in [2.05, 4.69) is 14.8 Å². The van der Waals surface area contributed by atoms with Gasteiger partial charge in [0.15, 0.2) is 18.4 Å². The van der Waals surface area contributed by atoms with Crippen molar-refractivity contribution in [3.63, 3.8) is 0 Å². The minimum absolute atomic E-state index is 0.197. The minimum atomic E-state index is -0.861. The van der Waals surface area contributed by atoms with Crippen LogP contribution in [0.15, 0.2) is 17.2 Å². The summed E-state index contributed by atoms with van der Waals surface area (Å²) in [6, 6.07) is 1.54. The molecule has 7 heteroatoms. The van der Waals surface area contributed by atoms with Crippen molar-refractivity contribution < 1.29 is 18.3 Å². The van der Waals surface area contributed by atoms with Crippen LogP contribution in [0.25, 0.3) is 10.4 Å². The predicted molar refractivity (Wildman–Crippen MR) is 47.7 cm³/mol. The summed E-state index contributed by atoms with van der Waals surface area (Å²) < 4.78 is 35.5. The Morgan fingerprint density at radius 1 is 1.40 bits per heavy atom. The summed E-state index contributed by atoms with van der Waals surface area (Å²) in [7, 11) is 1.35. The quantitative estimate of drug-likeness (QED) is 0.335. The molecular weight excluding hydrogens is 208 g/mol. The summed E-state index contributed by atoms with van der Waals surface area (Å²) >= 11 is 0. The fourth-order valence-electron chi connectivity index (χ4n) is 0.876. The van der Waals surface area contributed by atoms with Crippen molar-refractivity contribution in [1.29, 1.82) is 0 Å². The number of nitrogens with zero attached hydrogens (tertiary/aromatic N) is 3. The minimum Gasteiger partial charge on any atom is -0.464 e. The van der Waals surface area contributed by atoms with Gasteiger partial charge in [-0.1, -0.05) is 5.11 Å². The molecule has 0 heterocycles. The van der Waals surface area contributed by atoms with E-state index in [0.29, 0.717) is 0 Å². The van der Waals surface area contributed by atoms with Gasteiger partial charge in [-0.05, 0) is 11.6 Å². The summed E-state index contributed by atoms with van der Waals surface area (Å²) in [5.74, 6) is -1.98. The van der Waals surface area contributed by atoms with Gasteiger partial charge in [-0.25, -0.2) is 8.78 Å². The second kappa shape index (κ2) is 5.14. The highest BCUT2D eigenvalue weighted by Crippen LogP contribution is 2.26. The molecule has 0 aliphatic carbocycles. The Morgan fingerprint density at radius 2 is 2.13 bits per heavy atom. The van der Waals surface area contributed by atoms with E-state index in [-0.39, 0.29) is 12.5 Å². The molecule has 1 aromatic carbocycles. The van der Waals surface area contributed by atoms with Crippen LogP contribution >= 0.6 is 0 Å². The van der Waals surface area contributed by atoms with Crippen molar-refractivity contribution >= 4 is 5.69 Å². The summed E-state index contributed by atoms with van der Waals surface area (Å²) in [5, 5.41) is 2.97. The Labute approximate surface area is 83.9 Å². The van der Waals surface area contributed by atoms with Gasteiger partial charge < -0.3 is 9.47 Å². The zero-order valence-electron chi connectivity index (χ0n) is 7.78. The maximum absolute atomic E-state index is 13.1. The van der Waals surface area contributed by atoms with Crippen molar-refractivity contribution in [3.8, 4) is 5.75 Å². The van der Waals surface area contributed by atoms with E-state index in [9.17, 15) is 8.78 Å². The van der Waals surface area contributed by atoms with Crippen LogP contribution in [0.1, 0.15) is 0 Å². The highest BCUT2D eigenvalue weighted by atomic mass is 19.1. The number of ether oxygens (including phenoxy) is 2. The highest BCUT2D eigenvalue weighted by molar-refractivity contribution is 5.43. The molecule has 0 saturated carbocycles. The zero-order chi connectivity index (χ0) is 11.3. The lowest BCUT2D eigenvalue weighted by atomic mass is 10.3. The van der Waals surface area contributed by atoms with Crippen molar-refractivity contribution in [3.05, 3.63) is 34.2 Å². The molecule has 0 atom stereocenters. The van der Waals surface area contributed by atoms with E-state index in [1.54, 1.807) is 0 Å². The van der Waals surface area contributed by atoms with Gasteiger partial charge in [0.1, 0.15) is 5.82 Å². The zero-order valence-corrected chi connectivity index (χ0v) is 7.78. The number of hydrogen-bond donors (Lipinski definition) is 0. The predicted octanol–water partition coefficient (Wildman–Crippen LogP) is 2.89. The molecule has 0 spiro atoms. The van der Waals surface area contributed by atoms with E-state index in [0.717, 1.165) is 12.1 Å². The first kappa shape index (κ1) is 11.2. The number of azide groups is 1. The number of halogens is 2. The second-order valence-electron chi connectivity index (χ2n) is 2.47. The molecule has 0 N–H and O–H groups in total. The van der Waals surface area contributed by atoms with Crippen LogP contribution in [0.5, 0.6) is 5.75 Å². The molecule has 80 valence electrons. The molecule has 0 aliphatic rings. The van der Waals surface area contributed by atoms with Crippen LogP contribution in [0, 0.1) is 11.6 Å². The summed E-state index contributed by atoms with van der Waals surface area (Å²) in [5.41, 5.74) is 7.65. The number of methoxy groups -OCH3 is 1. The molecule has 1 rings (SSSR count). The summed E-state index contributed by atoms with van der Waals surface area (Å²) in [4.78, 5) is 2.35. The van der Waals surface area contributed by atoms with Crippen molar-refractivity contribution in [1.82, 2.24) is 0 Å². The molecule has 5 nitrogen and oxygen atoms in total. The monoisotopic (exact) mass is 215 g/mol. The topological polar surface area (TPSA) is 67.2 Å². The molecule has 0 saturated heterocycles. The van der Waals surface area contributed by atoms with E-state index in [1.165, 1.54) is 7.11 Å². The lowest BCUT2D eigenvalue weighted by Gasteiger charge is -2.06. The smallest absolute Gasteiger partial charge is 0.188 e. The van der Waals surface area contributed by atoms with Gasteiger partial charge in [-0.2, -0.15) is 0 Å². The standard InChI is InChI=1S/C8H7F2N3O2/c1-14-4-15-8-3-5(9)7(12-13-11)2-6(8)10/h2-3H,4H2,1H3. The van der Waals surface area contributed by atoms with Crippen LogP contribution in [-0.4, -0.2) is 13.9 Å². The van der Waals surface area contributed by atoms with Gasteiger partial charge in [0.05, 0.1) is 5.69 Å². The van der Waals surface area contributed by atoms with Crippen LogP contribution in [0.2, 0.25) is 0 Å². The average molecular weight is 215 g/mol. The molecule has 0 amide bonds. The van der Waals surface area contributed by atoms with Crippen LogP contribution in [0.4, 0.5) is 14.5 Å². The number of benzene rings is 1. The van der Waals surface area contributed by atoms with E-state index in [1.807, 2.05) is 0 Å². The molecule has 1 aromatic rings. The lowest BCUT2D eigenvalue weighted by molar-refractivity contribution is 0.0481. The molecule has 0 unspecified atom stereocenters. The van der Waals surface area contributed by atoms with E-state index < -0.39 is 17.3 Å². The molecule has 15 heavy (non-hydrogen) atoms. The molecule has 0 radical (unpaired) electrons. The lowest BCUT2D eigenvalue weighted by Crippen LogP contribution is -2.01. The van der Waals surface area contributed by atoms with Crippen molar-refractivity contribution in [2.24, 2.45) is 5.11 Å². The SMILES string of the molecule is COCOc1cc(F)c(N=[N+]=[N-])cc1F. The molecule has 0 aromatic heterocycles. The van der Waals surface area contributed by atoms with Crippen LogP contribution in [-0.2, 0) is 4.74 Å². The third kappa shape index (κ3) is 2.80. The Kier molecular flexibility index (Phi) is 3.84. The van der Waals surface area contributed by atoms with Gasteiger partial charge in [0.25, 0.3) is 0 Å². The average Bonchev–Trinajstić information content (AvgIpc) is 2.21. The van der Waals surface area contributed by atoms with Gasteiger partial charge in [-0.15, -0.1) is 0 Å². The Hall–Kier alpha value is -1.85. The van der Waals surface area contributed by atoms with Crippen molar-refractivity contribution in [2.75, 3.05) is 13.9 Å². The van der Waals surface area contributed by atoms with Crippen LogP contribution in [0.3, 0.4) is 0 Å². The summed E-state index contributed by atoms with van der Waals surface area (Å²) in [6.45, 7) is -0.197. The molecular formula is C8H7F2N3O2. The Morgan fingerprint density at radius 3 is 2.73 bits per heavy atom. The second-order valence-corrected chi connectivity index (χ2v) is 2.47. The fourth-order valence-corrected chi connectivity index (χ4v) is 0.876. The third-order valence-corrected chi connectivity index (χ3v) is 1.49. The number of hydrogen-bond acceptors (Lipinski definition) is 3. The van der Waals surface area contributed by atoms with Crippen molar-refractivity contribution in [2.45, 2.75) is 0 Å². The van der Waals surface area contributed by atoms with Gasteiger partial charge in [-0.3, -0.25) is 0 Å². The first-order valence-corrected chi connectivity index (χ1v) is 3.85. The van der Waals surface area contributed by atoms with E-state index in [4.69, 9.17) is 10.3 Å². The Balaban J connectivity index is 3.02. The van der Waals surface area contributed by atoms with Gasteiger partial charge in [0.2, 0.25) is 0 Å². The molecule has 0 aliphatic heterocycles.